The maximum atomic E-state index is 14.4. The zero-order chi connectivity index (χ0) is 18.9. The lowest BCUT2D eigenvalue weighted by atomic mass is 10.1. The van der Waals surface area contributed by atoms with Gasteiger partial charge in [0.05, 0.1) is 10.4 Å². The minimum absolute atomic E-state index is 0.111. The molecule has 0 aliphatic carbocycles. The van der Waals surface area contributed by atoms with Crippen LogP contribution in [0.15, 0.2) is 53.6 Å². The smallest absolute Gasteiger partial charge is 0.196 e. The Kier molecular flexibility index (Phi) is 5.11. The fourth-order valence-corrected chi connectivity index (χ4v) is 4.25. The summed E-state index contributed by atoms with van der Waals surface area (Å²) in [5.41, 5.74) is 0.829. The van der Waals surface area contributed by atoms with Crippen molar-refractivity contribution in [1.29, 1.82) is 0 Å². The van der Waals surface area contributed by atoms with Crippen molar-refractivity contribution in [1.82, 2.24) is 9.47 Å². The number of nitrogens with zero attached hydrogens (tertiary/aromatic N) is 2. The third kappa shape index (κ3) is 3.78. The van der Waals surface area contributed by atoms with Gasteiger partial charge in [-0.15, -0.1) is 0 Å². The van der Waals surface area contributed by atoms with Crippen LogP contribution in [0.4, 0.5) is 8.78 Å². The molecule has 2 aromatic carbocycles. The number of sulfone groups is 1. The van der Waals surface area contributed by atoms with Crippen molar-refractivity contribution >= 4 is 20.7 Å². The molecule has 0 aliphatic heterocycles. The van der Waals surface area contributed by atoms with Gasteiger partial charge in [0.1, 0.15) is 17.5 Å². The first-order valence-electron chi connectivity index (χ1n) is 8.17. The molecular weight excluding hydrogens is 358 g/mol. The van der Waals surface area contributed by atoms with Gasteiger partial charge in [-0.25, -0.2) is 17.2 Å². The predicted molar refractivity (Wildman–Crippen MR) is 97.7 cm³/mol. The summed E-state index contributed by atoms with van der Waals surface area (Å²) in [6, 6.07) is 10.1. The number of hydrogen-bond donors (Lipinski definition) is 0. The second-order valence-electron chi connectivity index (χ2n) is 6.52. The van der Waals surface area contributed by atoms with E-state index >= 15 is 0 Å². The first-order valence-corrected chi connectivity index (χ1v) is 9.82. The van der Waals surface area contributed by atoms with Crippen molar-refractivity contribution in [3.8, 4) is 0 Å². The summed E-state index contributed by atoms with van der Waals surface area (Å²) < 4.78 is 54.8. The highest BCUT2D eigenvalue weighted by Gasteiger charge is 2.20. The maximum absolute atomic E-state index is 14.4. The van der Waals surface area contributed by atoms with Crippen LogP contribution in [0.25, 0.3) is 10.9 Å². The monoisotopic (exact) mass is 378 g/mol. The average molecular weight is 378 g/mol. The van der Waals surface area contributed by atoms with E-state index < -0.39 is 27.3 Å². The molecule has 3 rings (SSSR count). The van der Waals surface area contributed by atoms with E-state index in [2.05, 4.69) is 0 Å². The lowest BCUT2D eigenvalue weighted by Crippen LogP contribution is -2.15. The molecule has 26 heavy (non-hydrogen) atoms. The number of rotatable bonds is 6. The number of fused-ring (bicyclic) bond motifs is 1. The minimum atomic E-state index is -3.66. The Morgan fingerprint density at radius 1 is 1.08 bits per heavy atom. The molecule has 7 heteroatoms. The predicted octanol–water partition coefficient (Wildman–Crippen LogP) is 3.46. The molecule has 0 unspecified atom stereocenters. The summed E-state index contributed by atoms with van der Waals surface area (Å²) in [4.78, 5) is 2.12. The van der Waals surface area contributed by atoms with Gasteiger partial charge < -0.3 is 9.47 Å². The van der Waals surface area contributed by atoms with Crippen LogP contribution in [-0.4, -0.2) is 38.5 Å². The lowest BCUT2D eigenvalue weighted by Gasteiger charge is -2.08. The Morgan fingerprint density at radius 2 is 1.77 bits per heavy atom. The van der Waals surface area contributed by atoms with Gasteiger partial charge in [-0.05, 0) is 44.3 Å². The molecule has 0 bridgehead atoms. The summed E-state index contributed by atoms with van der Waals surface area (Å²) in [6.45, 7) is 0.683. The first kappa shape index (κ1) is 18.5. The van der Waals surface area contributed by atoms with Crippen LogP contribution in [0.1, 0.15) is 5.56 Å². The van der Waals surface area contributed by atoms with Crippen molar-refractivity contribution in [2.45, 2.75) is 17.2 Å². The summed E-state index contributed by atoms with van der Waals surface area (Å²) in [6.07, 6.45) is 2.17. The topological polar surface area (TPSA) is 42.3 Å². The molecule has 3 aromatic rings. The fourth-order valence-electron chi connectivity index (χ4n) is 2.96. The molecule has 0 amide bonds. The van der Waals surface area contributed by atoms with E-state index in [4.69, 9.17) is 0 Å². The molecule has 0 fully saturated rings. The highest BCUT2D eigenvalue weighted by Crippen LogP contribution is 2.27. The number of hydrogen-bond acceptors (Lipinski definition) is 3. The summed E-state index contributed by atoms with van der Waals surface area (Å²) in [5.74, 6) is -1.85. The van der Waals surface area contributed by atoms with Gasteiger partial charge in [-0.2, -0.15) is 0 Å². The molecule has 4 nitrogen and oxygen atoms in total. The first-order chi connectivity index (χ1) is 12.3. The van der Waals surface area contributed by atoms with Crippen molar-refractivity contribution in [2.24, 2.45) is 0 Å². The van der Waals surface area contributed by atoms with Crippen LogP contribution in [0, 0.1) is 11.6 Å². The van der Waals surface area contributed by atoms with Crippen LogP contribution in [0.5, 0.6) is 0 Å². The quantitative estimate of drug-likeness (QED) is 0.660. The number of halogens is 2. The normalized spacial score (nSPS) is 12.2. The van der Waals surface area contributed by atoms with Crippen LogP contribution >= 0.6 is 0 Å². The van der Waals surface area contributed by atoms with Gasteiger partial charge >= 0.3 is 0 Å². The molecule has 0 saturated carbocycles. The van der Waals surface area contributed by atoms with E-state index in [9.17, 15) is 17.2 Å². The molecule has 0 radical (unpaired) electrons. The highest BCUT2D eigenvalue weighted by atomic mass is 32.2. The second kappa shape index (κ2) is 7.17. The molecule has 0 spiro atoms. The van der Waals surface area contributed by atoms with Crippen molar-refractivity contribution in [3.63, 3.8) is 0 Å². The van der Waals surface area contributed by atoms with E-state index in [0.29, 0.717) is 18.4 Å². The van der Waals surface area contributed by atoms with Crippen LogP contribution in [0.3, 0.4) is 0 Å². The Balaban J connectivity index is 2.08. The fraction of sp³-hybridized carbons (Fsp3) is 0.263. The van der Waals surface area contributed by atoms with Gasteiger partial charge in [0, 0.05) is 24.2 Å². The van der Waals surface area contributed by atoms with Crippen LogP contribution in [-0.2, 0) is 22.1 Å². The summed E-state index contributed by atoms with van der Waals surface area (Å²) in [7, 11) is 0.148. The molecule has 0 N–H and O–H groups in total. The Hall–Kier alpha value is -2.25. The highest BCUT2D eigenvalue weighted by molar-refractivity contribution is 7.90. The van der Waals surface area contributed by atoms with E-state index in [0.717, 1.165) is 11.6 Å². The number of benzene rings is 2. The SMILES string of the molecule is CN(C)CCc1cn(CS(=O)(=O)c2ccccc2)c2c(F)cc(F)cc12. The van der Waals surface area contributed by atoms with Gasteiger partial charge in [-0.3, -0.25) is 0 Å². The van der Waals surface area contributed by atoms with Gasteiger partial charge in [0.15, 0.2) is 9.84 Å². The zero-order valence-corrected chi connectivity index (χ0v) is 15.4. The third-order valence-electron chi connectivity index (χ3n) is 4.21. The molecular formula is C19H20F2N2O2S. The largest absolute Gasteiger partial charge is 0.330 e. The van der Waals surface area contributed by atoms with E-state index in [1.165, 1.54) is 22.8 Å². The van der Waals surface area contributed by atoms with Crippen LogP contribution < -0.4 is 0 Å². The van der Waals surface area contributed by atoms with E-state index in [1.807, 2.05) is 19.0 Å². The molecule has 1 aromatic heterocycles. The average Bonchev–Trinajstić information content (AvgIpc) is 2.90. The molecule has 0 aliphatic rings. The summed E-state index contributed by atoms with van der Waals surface area (Å²) >= 11 is 0. The third-order valence-corrected chi connectivity index (χ3v) is 5.82. The summed E-state index contributed by atoms with van der Waals surface area (Å²) in [5, 5.41) is 0.410. The number of likely N-dealkylation sites (N-methyl/N-ethyl adjacent to an activating group) is 1. The molecule has 0 atom stereocenters. The van der Waals surface area contributed by atoms with E-state index in [1.54, 1.807) is 24.4 Å². The molecule has 138 valence electrons. The number of aromatic nitrogens is 1. The Bertz CT molecular complexity index is 1030. The van der Waals surface area contributed by atoms with Crippen LogP contribution in [0.2, 0.25) is 0 Å². The van der Waals surface area contributed by atoms with Gasteiger partial charge in [-0.1, -0.05) is 18.2 Å². The maximum Gasteiger partial charge on any atom is 0.196 e. The molecule has 0 saturated heterocycles. The van der Waals surface area contributed by atoms with Crippen molar-refractivity contribution in [2.75, 3.05) is 20.6 Å². The minimum Gasteiger partial charge on any atom is -0.330 e. The van der Waals surface area contributed by atoms with Gasteiger partial charge in [0.2, 0.25) is 0 Å². The Morgan fingerprint density at radius 3 is 2.42 bits per heavy atom. The van der Waals surface area contributed by atoms with Crippen molar-refractivity contribution < 1.29 is 17.2 Å². The lowest BCUT2D eigenvalue weighted by molar-refractivity contribution is 0.414. The zero-order valence-electron chi connectivity index (χ0n) is 14.6. The van der Waals surface area contributed by atoms with E-state index in [-0.39, 0.29) is 10.4 Å². The second-order valence-corrected chi connectivity index (χ2v) is 8.48. The molecule has 1 heterocycles. The Labute approximate surface area is 151 Å². The van der Waals surface area contributed by atoms with Gasteiger partial charge in [0.25, 0.3) is 0 Å². The van der Waals surface area contributed by atoms with Crippen molar-refractivity contribution in [3.05, 3.63) is 65.9 Å². The standard InChI is InChI=1S/C19H20F2N2O2S/c1-22(2)9-8-14-12-23(19-17(14)10-15(20)11-18(19)21)13-26(24,25)16-6-4-3-5-7-16/h3-7,10-12H,8-9,13H2,1-2H3.